The van der Waals surface area contributed by atoms with Crippen molar-refractivity contribution >= 4 is 44.3 Å². The number of hydrogen-bond donors (Lipinski definition) is 2. The Hall–Kier alpha value is -4.02. The smallest absolute Gasteiger partial charge is 0.225 e. The van der Waals surface area contributed by atoms with E-state index in [1.165, 1.54) is 10.3 Å². The van der Waals surface area contributed by atoms with Crippen LogP contribution >= 0.6 is 11.3 Å². The molecule has 5 aromatic rings. The van der Waals surface area contributed by atoms with Crippen molar-refractivity contribution in [2.24, 2.45) is 5.92 Å². The van der Waals surface area contributed by atoms with E-state index in [0.717, 1.165) is 72.5 Å². The van der Waals surface area contributed by atoms with Crippen molar-refractivity contribution in [1.82, 2.24) is 30.0 Å². The lowest BCUT2D eigenvalue weighted by Gasteiger charge is -2.37. The molecule has 7 rings (SSSR count). The van der Waals surface area contributed by atoms with Crippen LogP contribution in [0.2, 0.25) is 0 Å². The predicted octanol–water partition coefficient (Wildman–Crippen LogP) is 6.08. The van der Waals surface area contributed by atoms with Gasteiger partial charge in [0.15, 0.2) is 11.5 Å². The molecule has 1 atom stereocenters. The first-order chi connectivity index (χ1) is 20.5. The van der Waals surface area contributed by atoms with Crippen molar-refractivity contribution in [3.05, 3.63) is 60.3 Å². The number of aromatic nitrogens is 4. The fraction of sp³-hybridized carbons (Fsp3) is 0.375. The third-order valence-corrected chi connectivity index (χ3v) is 9.76. The summed E-state index contributed by atoms with van der Waals surface area (Å²) in [5.74, 6) is 2.54. The van der Waals surface area contributed by atoms with Crippen LogP contribution in [0, 0.1) is 12.8 Å². The highest BCUT2D eigenvalue weighted by molar-refractivity contribution is 7.21. The number of likely N-dealkylation sites (tertiary alicyclic amines) is 2. The maximum Gasteiger partial charge on any atom is 0.225 e. The second kappa shape index (κ2) is 11.3. The van der Waals surface area contributed by atoms with Crippen molar-refractivity contribution in [2.75, 3.05) is 38.5 Å². The number of piperidine rings is 2. The van der Waals surface area contributed by atoms with Crippen LogP contribution in [0.15, 0.2) is 54.7 Å². The summed E-state index contributed by atoms with van der Waals surface area (Å²) >= 11 is 1.71. The topological polar surface area (TPSA) is 99.3 Å². The van der Waals surface area contributed by atoms with Gasteiger partial charge in [0.2, 0.25) is 5.91 Å². The molecule has 2 aliphatic heterocycles. The molecule has 42 heavy (non-hydrogen) atoms. The molecule has 0 bridgehead atoms. The SMILES string of the molecule is Cc1cccc2nc(-c3ccc(Oc4ccnc5[nH]nc(N[C@@H]6CCCN(C(=O)C7CCN(C)CC7)C6)c45)cc3)sc12. The van der Waals surface area contributed by atoms with Gasteiger partial charge >= 0.3 is 0 Å². The van der Waals surface area contributed by atoms with Crippen LogP contribution in [0.25, 0.3) is 31.8 Å². The molecule has 9 nitrogen and oxygen atoms in total. The van der Waals surface area contributed by atoms with Gasteiger partial charge in [-0.1, -0.05) is 12.1 Å². The van der Waals surface area contributed by atoms with E-state index in [1.54, 1.807) is 17.5 Å². The number of carbonyl (C=O) groups is 1. The van der Waals surface area contributed by atoms with Gasteiger partial charge in [0, 0.05) is 42.9 Å². The first-order valence-electron chi connectivity index (χ1n) is 14.7. The average Bonchev–Trinajstić information content (AvgIpc) is 3.64. The van der Waals surface area contributed by atoms with Crippen molar-refractivity contribution in [1.29, 1.82) is 0 Å². The van der Waals surface area contributed by atoms with Gasteiger partial charge in [-0.3, -0.25) is 9.89 Å². The number of rotatable bonds is 6. The zero-order valence-electron chi connectivity index (χ0n) is 24.0. The van der Waals surface area contributed by atoms with Crippen LogP contribution in [-0.2, 0) is 4.79 Å². The molecule has 3 aromatic heterocycles. The summed E-state index contributed by atoms with van der Waals surface area (Å²) in [6.07, 6.45) is 5.57. The standard InChI is InChI=1S/C32H35N7O2S/c1-20-5-3-7-25-28(20)42-31(35-25)21-8-10-24(11-9-21)41-26-12-15-33-29-27(26)30(37-36-29)34-23-6-4-16-39(19-23)32(40)22-13-17-38(2)18-14-22/h3,5,7-12,15,22-23H,4,6,13-14,16-19H2,1-2H3,(H2,33,34,36,37)/t23-/m1/s1. The molecular weight excluding hydrogens is 546 g/mol. The largest absolute Gasteiger partial charge is 0.456 e. The first-order valence-corrected chi connectivity index (χ1v) is 15.5. The summed E-state index contributed by atoms with van der Waals surface area (Å²) in [4.78, 5) is 26.9. The number of nitrogens with zero attached hydrogens (tertiary/aromatic N) is 5. The van der Waals surface area contributed by atoms with Gasteiger partial charge < -0.3 is 19.9 Å². The Bertz CT molecular complexity index is 1720. The summed E-state index contributed by atoms with van der Waals surface area (Å²) < 4.78 is 7.59. The van der Waals surface area contributed by atoms with Gasteiger partial charge in [0.05, 0.1) is 10.2 Å². The van der Waals surface area contributed by atoms with Crippen molar-refractivity contribution < 1.29 is 9.53 Å². The van der Waals surface area contributed by atoms with Gasteiger partial charge in [-0.05, 0) is 88.6 Å². The van der Waals surface area contributed by atoms with Crippen molar-refractivity contribution in [3.8, 4) is 22.1 Å². The Labute approximate surface area is 248 Å². The number of carbonyl (C=O) groups excluding carboxylic acids is 1. The number of amides is 1. The zero-order chi connectivity index (χ0) is 28.6. The zero-order valence-corrected chi connectivity index (χ0v) is 24.8. The number of ether oxygens (including phenoxy) is 1. The highest BCUT2D eigenvalue weighted by atomic mass is 32.1. The second-order valence-corrected chi connectivity index (χ2v) is 12.5. The summed E-state index contributed by atoms with van der Waals surface area (Å²) in [5, 5.41) is 13.0. The van der Waals surface area contributed by atoms with Gasteiger partial charge in [0.1, 0.15) is 21.9 Å². The molecule has 0 spiro atoms. The predicted molar refractivity (Wildman–Crippen MR) is 167 cm³/mol. The van der Waals surface area contributed by atoms with E-state index in [2.05, 4.69) is 56.4 Å². The van der Waals surface area contributed by atoms with E-state index in [1.807, 2.05) is 36.4 Å². The van der Waals surface area contributed by atoms with Crippen LogP contribution in [0.5, 0.6) is 11.5 Å². The molecule has 5 heterocycles. The highest BCUT2D eigenvalue weighted by Crippen LogP contribution is 2.36. The summed E-state index contributed by atoms with van der Waals surface area (Å²) in [7, 11) is 2.13. The number of hydrogen-bond acceptors (Lipinski definition) is 8. The quantitative estimate of drug-likeness (QED) is 0.251. The van der Waals surface area contributed by atoms with Crippen LogP contribution in [0.3, 0.4) is 0 Å². The lowest BCUT2D eigenvalue weighted by Crippen LogP contribution is -2.49. The number of benzene rings is 2. The number of anilines is 1. The van der Waals surface area contributed by atoms with Crippen LogP contribution in [0.4, 0.5) is 5.82 Å². The molecule has 2 fully saturated rings. The monoisotopic (exact) mass is 581 g/mol. The van der Waals surface area contributed by atoms with Crippen LogP contribution in [-0.4, -0.2) is 75.1 Å². The van der Waals surface area contributed by atoms with E-state index in [4.69, 9.17) is 9.72 Å². The van der Waals surface area contributed by atoms with Crippen LogP contribution in [0.1, 0.15) is 31.2 Å². The molecular formula is C32H35N7O2S. The van der Waals surface area contributed by atoms with Crippen molar-refractivity contribution in [3.63, 3.8) is 0 Å². The molecule has 2 saturated heterocycles. The Morgan fingerprint density at radius 3 is 2.71 bits per heavy atom. The maximum atomic E-state index is 13.3. The molecule has 0 unspecified atom stereocenters. The van der Waals surface area contributed by atoms with Gasteiger partial charge in [-0.2, -0.15) is 5.10 Å². The Morgan fingerprint density at radius 2 is 1.90 bits per heavy atom. The minimum atomic E-state index is 0.116. The third-order valence-electron chi connectivity index (χ3n) is 8.51. The second-order valence-electron chi connectivity index (χ2n) is 11.5. The number of H-pyrrole nitrogens is 1. The molecule has 0 aliphatic carbocycles. The number of thiazole rings is 1. The minimum Gasteiger partial charge on any atom is -0.456 e. The lowest BCUT2D eigenvalue weighted by atomic mass is 9.94. The van der Waals surface area contributed by atoms with Gasteiger partial charge in [-0.25, -0.2) is 9.97 Å². The third kappa shape index (κ3) is 5.32. The average molecular weight is 582 g/mol. The Balaban J connectivity index is 1.07. The van der Waals surface area contributed by atoms with Crippen LogP contribution < -0.4 is 10.1 Å². The first kappa shape index (κ1) is 26.9. The van der Waals surface area contributed by atoms with Crippen molar-refractivity contribution in [2.45, 2.75) is 38.6 Å². The number of pyridine rings is 1. The van der Waals surface area contributed by atoms with Gasteiger partial charge in [0.25, 0.3) is 0 Å². The Kier molecular flexibility index (Phi) is 7.25. The number of fused-ring (bicyclic) bond motifs is 2. The normalized spacial score (nSPS) is 18.5. The summed E-state index contributed by atoms with van der Waals surface area (Å²) in [5.41, 5.74) is 3.99. The van der Waals surface area contributed by atoms with E-state index >= 15 is 0 Å². The maximum absolute atomic E-state index is 13.3. The van der Waals surface area contributed by atoms with E-state index in [9.17, 15) is 4.79 Å². The molecule has 2 aliphatic rings. The van der Waals surface area contributed by atoms with E-state index in [0.29, 0.717) is 29.7 Å². The highest BCUT2D eigenvalue weighted by Gasteiger charge is 2.31. The summed E-state index contributed by atoms with van der Waals surface area (Å²) in [6.45, 7) is 5.61. The number of nitrogens with one attached hydrogen (secondary N) is 2. The Morgan fingerprint density at radius 1 is 1.07 bits per heavy atom. The lowest BCUT2D eigenvalue weighted by molar-refractivity contribution is -0.138. The number of aryl methyl sites for hydroxylation is 1. The van der Waals surface area contributed by atoms with Gasteiger partial charge in [-0.15, -0.1) is 11.3 Å². The number of aromatic amines is 1. The summed E-state index contributed by atoms with van der Waals surface area (Å²) in [6, 6.07) is 16.3. The molecule has 10 heteroatoms. The molecule has 0 saturated carbocycles. The van der Waals surface area contributed by atoms with E-state index < -0.39 is 0 Å². The molecule has 2 aromatic carbocycles. The molecule has 2 N–H and O–H groups in total. The fourth-order valence-corrected chi connectivity index (χ4v) is 7.16. The minimum absolute atomic E-state index is 0.116. The molecule has 1 amide bonds. The fourth-order valence-electron chi connectivity index (χ4n) is 6.12. The molecule has 0 radical (unpaired) electrons. The molecule has 216 valence electrons. The van der Waals surface area contributed by atoms with E-state index in [-0.39, 0.29) is 12.0 Å².